The summed E-state index contributed by atoms with van der Waals surface area (Å²) >= 11 is 0. The van der Waals surface area contributed by atoms with E-state index in [1.165, 1.54) is 12.1 Å². The molecule has 18 heavy (non-hydrogen) atoms. The van der Waals surface area contributed by atoms with Crippen molar-refractivity contribution in [2.75, 3.05) is 37.7 Å². The molecule has 2 aliphatic rings. The maximum Gasteiger partial charge on any atom is 0.0645 e. The lowest BCUT2D eigenvalue weighted by atomic mass is 10.1. The van der Waals surface area contributed by atoms with Crippen LogP contribution in [0.25, 0.3) is 0 Å². The van der Waals surface area contributed by atoms with Crippen molar-refractivity contribution in [3.8, 4) is 0 Å². The molecule has 0 unspecified atom stereocenters. The SMILES string of the molecule is CC[C@H]1CN(C2COC2)CCN1c1cccnc1. The van der Waals surface area contributed by atoms with Gasteiger partial charge in [-0.3, -0.25) is 9.88 Å². The van der Waals surface area contributed by atoms with Crippen LogP contribution in [0.5, 0.6) is 0 Å². The number of hydrogen-bond donors (Lipinski definition) is 0. The molecule has 0 spiro atoms. The van der Waals surface area contributed by atoms with Gasteiger partial charge in [0, 0.05) is 31.9 Å². The standard InChI is InChI=1S/C14H21N3O/c1-2-12-9-16(14-10-18-11-14)6-7-17(12)13-4-3-5-15-8-13/h3-5,8,12,14H,2,6-7,9-11H2,1H3/t12-/m0/s1. The van der Waals surface area contributed by atoms with E-state index < -0.39 is 0 Å². The lowest BCUT2D eigenvalue weighted by Gasteiger charge is -2.47. The molecule has 2 fully saturated rings. The normalized spacial score (nSPS) is 26.1. The molecule has 0 N–H and O–H groups in total. The van der Waals surface area contributed by atoms with E-state index in [2.05, 4.69) is 27.8 Å². The minimum Gasteiger partial charge on any atom is -0.378 e. The van der Waals surface area contributed by atoms with E-state index in [1.807, 2.05) is 18.5 Å². The first-order valence-corrected chi connectivity index (χ1v) is 6.87. The third-order valence-electron chi connectivity index (χ3n) is 4.10. The highest BCUT2D eigenvalue weighted by molar-refractivity contribution is 5.45. The van der Waals surface area contributed by atoms with Crippen LogP contribution in [0.2, 0.25) is 0 Å². The first-order valence-electron chi connectivity index (χ1n) is 6.87. The number of nitrogens with zero attached hydrogens (tertiary/aromatic N) is 3. The van der Waals surface area contributed by atoms with E-state index in [-0.39, 0.29) is 0 Å². The van der Waals surface area contributed by atoms with E-state index >= 15 is 0 Å². The van der Waals surface area contributed by atoms with Gasteiger partial charge >= 0.3 is 0 Å². The third kappa shape index (κ3) is 2.22. The molecule has 1 aromatic rings. The van der Waals surface area contributed by atoms with Gasteiger partial charge in [-0.15, -0.1) is 0 Å². The van der Waals surface area contributed by atoms with Gasteiger partial charge in [-0.2, -0.15) is 0 Å². The van der Waals surface area contributed by atoms with Gasteiger partial charge in [0.1, 0.15) is 0 Å². The molecule has 0 saturated carbocycles. The number of anilines is 1. The van der Waals surface area contributed by atoms with Crippen LogP contribution in [0.4, 0.5) is 5.69 Å². The zero-order chi connectivity index (χ0) is 12.4. The summed E-state index contributed by atoms with van der Waals surface area (Å²) in [7, 11) is 0. The number of piperazine rings is 1. The summed E-state index contributed by atoms with van der Waals surface area (Å²) in [4.78, 5) is 9.33. The van der Waals surface area contributed by atoms with Crippen LogP contribution in [0.1, 0.15) is 13.3 Å². The second-order valence-electron chi connectivity index (χ2n) is 5.15. The molecule has 0 bridgehead atoms. The Morgan fingerprint density at radius 1 is 1.39 bits per heavy atom. The number of rotatable bonds is 3. The summed E-state index contributed by atoms with van der Waals surface area (Å²) in [5, 5.41) is 0. The molecule has 4 heteroatoms. The molecular weight excluding hydrogens is 226 g/mol. The first kappa shape index (κ1) is 11.9. The van der Waals surface area contributed by atoms with Crippen LogP contribution in [0.3, 0.4) is 0 Å². The molecule has 1 aromatic heterocycles. The average molecular weight is 247 g/mol. The van der Waals surface area contributed by atoms with E-state index in [1.54, 1.807) is 0 Å². The van der Waals surface area contributed by atoms with E-state index in [0.717, 1.165) is 32.8 Å². The maximum absolute atomic E-state index is 5.30. The van der Waals surface area contributed by atoms with Crippen molar-refractivity contribution in [3.63, 3.8) is 0 Å². The largest absolute Gasteiger partial charge is 0.378 e. The Labute approximate surface area is 109 Å². The predicted molar refractivity (Wildman–Crippen MR) is 71.8 cm³/mol. The summed E-state index contributed by atoms with van der Waals surface area (Å²) < 4.78 is 5.30. The van der Waals surface area contributed by atoms with Crippen molar-refractivity contribution in [2.45, 2.75) is 25.4 Å². The quantitative estimate of drug-likeness (QED) is 0.807. The zero-order valence-corrected chi connectivity index (χ0v) is 11.0. The lowest BCUT2D eigenvalue weighted by molar-refractivity contribution is -0.0698. The lowest BCUT2D eigenvalue weighted by Crippen LogP contribution is -2.60. The minimum atomic E-state index is 0.601. The molecule has 0 aliphatic carbocycles. The first-order chi connectivity index (χ1) is 8.88. The molecular formula is C14H21N3O. The zero-order valence-electron chi connectivity index (χ0n) is 11.0. The number of aromatic nitrogens is 1. The summed E-state index contributed by atoms with van der Waals surface area (Å²) in [6.07, 6.45) is 5.00. The van der Waals surface area contributed by atoms with Gasteiger partial charge in [0.05, 0.1) is 31.1 Å². The van der Waals surface area contributed by atoms with Crippen LogP contribution in [0.15, 0.2) is 24.5 Å². The van der Waals surface area contributed by atoms with Crippen LogP contribution >= 0.6 is 0 Å². The van der Waals surface area contributed by atoms with Crippen LogP contribution in [-0.4, -0.2) is 54.8 Å². The molecule has 2 saturated heterocycles. The topological polar surface area (TPSA) is 28.6 Å². The molecule has 98 valence electrons. The summed E-state index contributed by atoms with van der Waals surface area (Å²) in [5.41, 5.74) is 1.26. The van der Waals surface area contributed by atoms with Crippen molar-refractivity contribution < 1.29 is 4.74 Å². The number of ether oxygens (including phenoxy) is 1. The van der Waals surface area contributed by atoms with Gasteiger partial charge in [-0.1, -0.05) is 6.92 Å². The Morgan fingerprint density at radius 2 is 2.28 bits per heavy atom. The van der Waals surface area contributed by atoms with E-state index in [4.69, 9.17) is 4.74 Å². The second kappa shape index (κ2) is 5.24. The smallest absolute Gasteiger partial charge is 0.0645 e. The molecule has 0 radical (unpaired) electrons. The molecule has 0 aromatic carbocycles. The van der Waals surface area contributed by atoms with Crippen molar-refractivity contribution in [3.05, 3.63) is 24.5 Å². The predicted octanol–water partition coefficient (Wildman–Crippen LogP) is 1.38. The molecule has 4 nitrogen and oxygen atoms in total. The second-order valence-corrected chi connectivity index (χ2v) is 5.15. The molecule has 1 atom stereocenters. The van der Waals surface area contributed by atoms with Crippen LogP contribution in [-0.2, 0) is 4.74 Å². The summed E-state index contributed by atoms with van der Waals surface area (Å²) in [6, 6.07) is 5.45. The maximum atomic E-state index is 5.30. The van der Waals surface area contributed by atoms with E-state index in [0.29, 0.717) is 12.1 Å². The van der Waals surface area contributed by atoms with Gasteiger partial charge in [0.15, 0.2) is 0 Å². The monoisotopic (exact) mass is 247 g/mol. The fourth-order valence-corrected chi connectivity index (χ4v) is 2.86. The number of pyridine rings is 1. The van der Waals surface area contributed by atoms with Gasteiger partial charge in [-0.25, -0.2) is 0 Å². The fraction of sp³-hybridized carbons (Fsp3) is 0.643. The Kier molecular flexibility index (Phi) is 3.48. The van der Waals surface area contributed by atoms with Gasteiger partial charge < -0.3 is 9.64 Å². The van der Waals surface area contributed by atoms with Crippen molar-refractivity contribution >= 4 is 5.69 Å². The van der Waals surface area contributed by atoms with Gasteiger partial charge in [0.25, 0.3) is 0 Å². The van der Waals surface area contributed by atoms with Crippen LogP contribution in [0, 0.1) is 0 Å². The summed E-state index contributed by atoms with van der Waals surface area (Å²) in [6.45, 7) is 7.50. The molecule has 3 rings (SSSR count). The van der Waals surface area contributed by atoms with E-state index in [9.17, 15) is 0 Å². The molecule has 3 heterocycles. The number of hydrogen-bond acceptors (Lipinski definition) is 4. The third-order valence-corrected chi connectivity index (χ3v) is 4.10. The fourth-order valence-electron chi connectivity index (χ4n) is 2.86. The van der Waals surface area contributed by atoms with Crippen molar-refractivity contribution in [1.29, 1.82) is 0 Å². The van der Waals surface area contributed by atoms with Gasteiger partial charge in [-0.05, 0) is 18.6 Å². The van der Waals surface area contributed by atoms with Gasteiger partial charge in [0.2, 0.25) is 0 Å². The minimum absolute atomic E-state index is 0.601. The summed E-state index contributed by atoms with van der Waals surface area (Å²) in [5.74, 6) is 0. The molecule has 2 aliphatic heterocycles. The van der Waals surface area contributed by atoms with Crippen molar-refractivity contribution in [1.82, 2.24) is 9.88 Å². The van der Waals surface area contributed by atoms with Crippen LogP contribution < -0.4 is 4.90 Å². The Balaban J connectivity index is 1.69. The highest BCUT2D eigenvalue weighted by Crippen LogP contribution is 2.23. The molecule has 0 amide bonds. The highest BCUT2D eigenvalue weighted by Gasteiger charge is 2.33. The Morgan fingerprint density at radius 3 is 2.89 bits per heavy atom. The average Bonchev–Trinajstić information content (AvgIpc) is 2.37. The van der Waals surface area contributed by atoms with Crippen molar-refractivity contribution in [2.24, 2.45) is 0 Å². The Hall–Kier alpha value is -1.13. The Bertz CT molecular complexity index is 380. The highest BCUT2D eigenvalue weighted by atomic mass is 16.5.